The molecular formula is C31H37N5O. The zero-order chi connectivity index (χ0) is 26.4. The van der Waals surface area contributed by atoms with E-state index in [4.69, 9.17) is 5.73 Å². The number of nitriles is 1. The second-order valence-corrected chi connectivity index (χ2v) is 10.2. The van der Waals surface area contributed by atoms with Crippen molar-refractivity contribution in [1.29, 1.82) is 5.26 Å². The molecule has 0 radical (unpaired) electrons. The van der Waals surface area contributed by atoms with Crippen molar-refractivity contribution < 1.29 is 4.79 Å². The zero-order valence-corrected chi connectivity index (χ0v) is 22.2. The standard InChI is InChI=1S/C31H37N5O/c1-22-12-14-25(24(3)30(22)31(33)37)15-13-23(2)35-18-16-29(17-19-35)36(28-10-5-4-6-11-28)21-27-9-7-8-26(20-32)34-27/h4-12,14,23,29H,13,15-19,21H2,1-3H3,(H2,33,37)/t23-/m1/s1. The second-order valence-electron chi connectivity index (χ2n) is 10.2. The van der Waals surface area contributed by atoms with E-state index < -0.39 is 0 Å². The molecule has 192 valence electrons. The van der Waals surface area contributed by atoms with Crippen LogP contribution in [0.15, 0.2) is 60.7 Å². The Balaban J connectivity index is 1.39. The summed E-state index contributed by atoms with van der Waals surface area (Å²) < 4.78 is 0. The van der Waals surface area contributed by atoms with Gasteiger partial charge in [0, 0.05) is 36.4 Å². The number of hydrogen-bond donors (Lipinski definition) is 1. The molecule has 1 aromatic heterocycles. The van der Waals surface area contributed by atoms with E-state index >= 15 is 0 Å². The Morgan fingerprint density at radius 3 is 2.51 bits per heavy atom. The Morgan fingerprint density at radius 2 is 1.84 bits per heavy atom. The Hall–Kier alpha value is -3.69. The van der Waals surface area contributed by atoms with Gasteiger partial charge in [0.25, 0.3) is 0 Å². The van der Waals surface area contributed by atoms with Crippen LogP contribution in [-0.2, 0) is 13.0 Å². The van der Waals surface area contributed by atoms with Crippen molar-refractivity contribution in [2.75, 3.05) is 18.0 Å². The van der Waals surface area contributed by atoms with Gasteiger partial charge < -0.3 is 15.5 Å². The number of aryl methyl sites for hydroxylation is 2. The highest BCUT2D eigenvalue weighted by atomic mass is 16.1. The van der Waals surface area contributed by atoms with Gasteiger partial charge in [0.2, 0.25) is 5.91 Å². The van der Waals surface area contributed by atoms with Gasteiger partial charge in [-0.25, -0.2) is 4.98 Å². The minimum atomic E-state index is -0.343. The summed E-state index contributed by atoms with van der Waals surface area (Å²) >= 11 is 0. The molecule has 0 aliphatic carbocycles. The number of carbonyl (C=O) groups excluding carboxylic acids is 1. The summed E-state index contributed by atoms with van der Waals surface area (Å²) in [6.07, 6.45) is 4.13. The van der Waals surface area contributed by atoms with Gasteiger partial charge in [-0.1, -0.05) is 36.4 Å². The van der Waals surface area contributed by atoms with Crippen molar-refractivity contribution in [2.24, 2.45) is 5.73 Å². The maximum atomic E-state index is 11.9. The number of piperidine rings is 1. The number of likely N-dealkylation sites (tertiary alicyclic amines) is 1. The molecule has 1 fully saturated rings. The number of primary amides is 1. The number of para-hydroxylation sites is 1. The summed E-state index contributed by atoms with van der Waals surface area (Å²) in [5.41, 5.74) is 12.0. The molecule has 1 aliphatic heterocycles. The number of carbonyl (C=O) groups is 1. The van der Waals surface area contributed by atoms with Crippen molar-refractivity contribution >= 4 is 11.6 Å². The first-order chi connectivity index (χ1) is 17.9. The minimum absolute atomic E-state index is 0.343. The fourth-order valence-electron chi connectivity index (χ4n) is 5.58. The van der Waals surface area contributed by atoms with Crippen LogP contribution in [0.3, 0.4) is 0 Å². The summed E-state index contributed by atoms with van der Waals surface area (Å²) in [6, 6.07) is 23.4. The Kier molecular flexibility index (Phi) is 8.58. The van der Waals surface area contributed by atoms with E-state index in [1.807, 2.05) is 38.1 Å². The van der Waals surface area contributed by atoms with Crippen LogP contribution in [0.25, 0.3) is 0 Å². The SMILES string of the molecule is Cc1ccc(CC[C@@H](C)N2CCC(N(Cc3cccc(C#N)n3)c3ccccc3)CC2)c(C)c1C(N)=O. The van der Waals surface area contributed by atoms with Crippen LogP contribution >= 0.6 is 0 Å². The summed E-state index contributed by atoms with van der Waals surface area (Å²) in [5.74, 6) is -0.343. The Morgan fingerprint density at radius 1 is 1.11 bits per heavy atom. The van der Waals surface area contributed by atoms with Crippen LogP contribution in [0, 0.1) is 25.2 Å². The molecular weight excluding hydrogens is 458 g/mol. The van der Waals surface area contributed by atoms with Crippen molar-refractivity contribution in [2.45, 2.75) is 65.1 Å². The number of benzene rings is 2. The number of anilines is 1. The van der Waals surface area contributed by atoms with Gasteiger partial charge in [0.1, 0.15) is 11.8 Å². The average Bonchev–Trinajstić information content (AvgIpc) is 2.91. The van der Waals surface area contributed by atoms with Gasteiger partial charge in [-0.3, -0.25) is 4.79 Å². The number of amides is 1. The molecule has 6 heteroatoms. The number of aromatic nitrogens is 1. The fourth-order valence-corrected chi connectivity index (χ4v) is 5.58. The third-order valence-corrected chi connectivity index (χ3v) is 7.77. The monoisotopic (exact) mass is 495 g/mol. The Bertz CT molecular complexity index is 1260. The predicted octanol–water partition coefficient (Wildman–Crippen LogP) is 5.16. The zero-order valence-electron chi connectivity index (χ0n) is 22.2. The molecule has 0 saturated carbocycles. The van der Waals surface area contributed by atoms with Crippen LogP contribution in [0.1, 0.15) is 64.6 Å². The number of rotatable bonds is 9. The molecule has 2 heterocycles. The lowest BCUT2D eigenvalue weighted by atomic mass is 9.93. The number of nitrogens with zero attached hydrogens (tertiary/aromatic N) is 4. The second kappa shape index (κ2) is 12.0. The molecule has 4 rings (SSSR count). The van der Waals surface area contributed by atoms with Gasteiger partial charge in [0.05, 0.1) is 12.2 Å². The van der Waals surface area contributed by atoms with Gasteiger partial charge in [-0.15, -0.1) is 0 Å². The third kappa shape index (κ3) is 6.36. The van der Waals surface area contributed by atoms with Gasteiger partial charge in [0.15, 0.2) is 0 Å². The molecule has 0 spiro atoms. The van der Waals surface area contributed by atoms with Crippen molar-refractivity contribution in [1.82, 2.24) is 9.88 Å². The van der Waals surface area contributed by atoms with Crippen LogP contribution in [0.4, 0.5) is 5.69 Å². The first kappa shape index (κ1) is 26.4. The predicted molar refractivity (Wildman–Crippen MR) is 148 cm³/mol. The van der Waals surface area contributed by atoms with Crippen molar-refractivity contribution in [3.63, 3.8) is 0 Å². The normalized spacial score (nSPS) is 15.2. The molecule has 1 aliphatic rings. The molecule has 0 bridgehead atoms. The van der Waals surface area contributed by atoms with Crippen LogP contribution < -0.4 is 10.6 Å². The molecule has 6 nitrogen and oxygen atoms in total. The van der Waals surface area contributed by atoms with Crippen LogP contribution in [0.2, 0.25) is 0 Å². The highest BCUT2D eigenvalue weighted by Crippen LogP contribution is 2.27. The molecule has 1 amide bonds. The molecule has 3 aromatic rings. The van der Waals surface area contributed by atoms with E-state index in [1.165, 1.54) is 11.3 Å². The van der Waals surface area contributed by atoms with Gasteiger partial charge in [-0.2, -0.15) is 5.26 Å². The van der Waals surface area contributed by atoms with E-state index in [-0.39, 0.29) is 5.91 Å². The van der Waals surface area contributed by atoms with Gasteiger partial charge >= 0.3 is 0 Å². The van der Waals surface area contributed by atoms with Crippen molar-refractivity contribution in [3.05, 3.63) is 94.3 Å². The van der Waals surface area contributed by atoms with E-state index in [2.05, 4.69) is 58.1 Å². The lowest BCUT2D eigenvalue weighted by molar-refractivity contribution is 0.0999. The summed E-state index contributed by atoms with van der Waals surface area (Å²) in [6.45, 7) is 9.04. The van der Waals surface area contributed by atoms with Crippen LogP contribution in [0.5, 0.6) is 0 Å². The molecule has 1 atom stereocenters. The Labute approximate surface area is 220 Å². The minimum Gasteiger partial charge on any atom is -0.366 e. The first-order valence-electron chi connectivity index (χ1n) is 13.2. The average molecular weight is 496 g/mol. The van der Waals surface area contributed by atoms with E-state index in [1.54, 1.807) is 6.07 Å². The number of pyridine rings is 1. The van der Waals surface area contributed by atoms with E-state index in [0.29, 0.717) is 29.9 Å². The molecule has 0 unspecified atom stereocenters. The third-order valence-electron chi connectivity index (χ3n) is 7.77. The molecule has 2 N–H and O–H groups in total. The van der Waals surface area contributed by atoms with Gasteiger partial charge in [-0.05, 0) is 87.4 Å². The highest BCUT2D eigenvalue weighted by Gasteiger charge is 2.27. The maximum absolute atomic E-state index is 11.9. The smallest absolute Gasteiger partial charge is 0.249 e. The van der Waals surface area contributed by atoms with Crippen molar-refractivity contribution in [3.8, 4) is 6.07 Å². The number of nitrogens with two attached hydrogens (primary N) is 1. The molecule has 1 saturated heterocycles. The summed E-state index contributed by atoms with van der Waals surface area (Å²) in [7, 11) is 0. The topological polar surface area (TPSA) is 86.2 Å². The highest BCUT2D eigenvalue weighted by molar-refractivity contribution is 5.96. The quantitative estimate of drug-likeness (QED) is 0.443. The largest absolute Gasteiger partial charge is 0.366 e. The summed E-state index contributed by atoms with van der Waals surface area (Å²) in [4.78, 5) is 21.5. The number of hydrogen-bond acceptors (Lipinski definition) is 5. The fraction of sp³-hybridized carbons (Fsp3) is 0.387. The first-order valence-corrected chi connectivity index (χ1v) is 13.2. The van der Waals surface area contributed by atoms with Crippen LogP contribution in [-0.4, -0.2) is 41.0 Å². The van der Waals surface area contributed by atoms with E-state index in [0.717, 1.165) is 55.6 Å². The summed E-state index contributed by atoms with van der Waals surface area (Å²) in [5, 5.41) is 9.27. The lowest BCUT2D eigenvalue weighted by Gasteiger charge is -2.41. The maximum Gasteiger partial charge on any atom is 0.249 e. The lowest BCUT2D eigenvalue weighted by Crippen LogP contribution is -2.47. The van der Waals surface area contributed by atoms with E-state index in [9.17, 15) is 10.1 Å². The molecule has 37 heavy (non-hydrogen) atoms. The molecule has 2 aromatic carbocycles.